The highest BCUT2D eigenvalue weighted by Gasteiger charge is 2.14. The number of thiocarbonyl (C=S) groups is 1. The molecule has 1 amide bonds. The quantitative estimate of drug-likeness (QED) is 0.834. The smallest absolute Gasteiger partial charge is 0.252 e. The van der Waals surface area contributed by atoms with Crippen molar-refractivity contribution >= 4 is 34.6 Å². The molecule has 5 nitrogen and oxygen atoms in total. The van der Waals surface area contributed by atoms with E-state index < -0.39 is 5.91 Å². The molecule has 1 aromatic heterocycles. The first-order valence-electron chi connectivity index (χ1n) is 5.89. The predicted molar refractivity (Wildman–Crippen MR) is 83.1 cm³/mol. The molecule has 0 unspecified atom stereocenters. The Kier molecular flexibility index (Phi) is 3.95. The number of amides is 1. The molecule has 2 aromatic rings. The highest BCUT2D eigenvalue weighted by molar-refractivity contribution is 7.80. The summed E-state index contributed by atoms with van der Waals surface area (Å²) in [5.74, 6) is -0.0113. The maximum atomic E-state index is 11.4. The van der Waals surface area contributed by atoms with Crippen molar-refractivity contribution in [3.8, 4) is 0 Å². The van der Waals surface area contributed by atoms with E-state index in [0.29, 0.717) is 16.4 Å². The number of primary amides is 1. The van der Waals surface area contributed by atoms with Gasteiger partial charge in [0, 0.05) is 24.5 Å². The van der Waals surface area contributed by atoms with Crippen LogP contribution in [-0.2, 0) is 0 Å². The fourth-order valence-corrected chi connectivity index (χ4v) is 1.96. The topological polar surface area (TPSA) is 85.2 Å². The second-order valence-electron chi connectivity index (χ2n) is 4.21. The third kappa shape index (κ3) is 2.75. The van der Waals surface area contributed by atoms with E-state index in [0.717, 1.165) is 11.3 Å². The molecule has 0 aliphatic heterocycles. The van der Waals surface area contributed by atoms with Gasteiger partial charge in [-0.1, -0.05) is 12.2 Å². The molecule has 0 atom stereocenters. The van der Waals surface area contributed by atoms with E-state index in [1.54, 1.807) is 23.2 Å². The summed E-state index contributed by atoms with van der Waals surface area (Å²) in [5, 5.41) is 0. The van der Waals surface area contributed by atoms with Gasteiger partial charge in [-0.05, 0) is 36.4 Å². The van der Waals surface area contributed by atoms with Crippen LogP contribution in [0.25, 0.3) is 0 Å². The largest absolute Gasteiger partial charge is 0.389 e. The molecule has 0 aliphatic carbocycles. The maximum Gasteiger partial charge on any atom is 0.252 e. The molecule has 0 bridgehead atoms. The Bertz CT molecular complexity index is 654. The summed E-state index contributed by atoms with van der Waals surface area (Å²) < 4.78 is 0. The molecule has 6 heteroatoms. The summed E-state index contributed by atoms with van der Waals surface area (Å²) in [6.45, 7) is 0. The first kappa shape index (κ1) is 14.0. The molecule has 0 aliphatic rings. The zero-order chi connectivity index (χ0) is 14.7. The normalized spacial score (nSPS) is 10.1. The Morgan fingerprint density at radius 2 is 1.85 bits per heavy atom. The van der Waals surface area contributed by atoms with Crippen molar-refractivity contribution in [2.45, 2.75) is 0 Å². The van der Waals surface area contributed by atoms with Gasteiger partial charge in [-0.2, -0.15) is 0 Å². The third-order valence-corrected chi connectivity index (χ3v) is 3.14. The number of anilines is 2. The van der Waals surface area contributed by atoms with Gasteiger partial charge >= 0.3 is 0 Å². The van der Waals surface area contributed by atoms with Crippen LogP contribution in [0.4, 0.5) is 11.5 Å². The Morgan fingerprint density at radius 3 is 2.40 bits per heavy atom. The van der Waals surface area contributed by atoms with Crippen LogP contribution in [0.2, 0.25) is 0 Å². The van der Waals surface area contributed by atoms with Crippen LogP contribution in [0.5, 0.6) is 0 Å². The van der Waals surface area contributed by atoms with Gasteiger partial charge in [0.2, 0.25) is 0 Å². The third-order valence-electron chi connectivity index (χ3n) is 2.91. The van der Waals surface area contributed by atoms with Crippen molar-refractivity contribution in [3.05, 3.63) is 53.7 Å². The fourth-order valence-electron chi connectivity index (χ4n) is 1.83. The number of carbonyl (C=O) groups excluding carboxylic acids is 1. The van der Waals surface area contributed by atoms with Crippen LogP contribution < -0.4 is 16.4 Å². The van der Waals surface area contributed by atoms with Gasteiger partial charge in [0.15, 0.2) is 0 Å². The molecule has 4 N–H and O–H groups in total. The van der Waals surface area contributed by atoms with Gasteiger partial charge in [-0.3, -0.25) is 4.79 Å². The highest BCUT2D eigenvalue weighted by atomic mass is 32.1. The summed E-state index contributed by atoms with van der Waals surface area (Å²) >= 11 is 4.91. The van der Waals surface area contributed by atoms with E-state index in [2.05, 4.69) is 4.98 Å². The Morgan fingerprint density at radius 1 is 1.20 bits per heavy atom. The van der Waals surface area contributed by atoms with Gasteiger partial charge in [0.1, 0.15) is 10.8 Å². The lowest BCUT2D eigenvalue weighted by Crippen LogP contribution is -2.19. The van der Waals surface area contributed by atoms with Crippen molar-refractivity contribution in [1.82, 2.24) is 4.98 Å². The van der Waals surface area contributed by atoms with Crippen LogP contribution in [0.15, 0.2) is 42.6 Å². The van der Waals surface area contributed by atoms with Crippen molar-refractivity contribution in [2.75, 3.05) is 11.9 Å². The number of nitrogens with zero attached hydrogens (tertiary/aromatic N) is 2. The standard InChI is InChI=1S/C14H14N4OS/c1-18(10-6-4-9(5-7-10)13(16)20)14-11(12(15)19)3-2-8-17-14/h2-8H,1H3,(H2,15,19)(H2,16,20). The number of pyridine rings is 1. The minimum Gasteiger partial charge on any atom is -0.389 e. The van der Waals surface area contributed by atoms with E-state index in [1.807, 2.05) is 31.3 Å². The lowest BCUT2D eigenvalue weighted by atomic mass is 10.2. The van der Waals surface area contributed by atoms with Crippen LogP contribution in [0.1, 0.15) is 15.9 Å². The van der Waals surface area contributed by atoms with Crippen LogP contribution in [-0.4, -0.2) is 22.9 Å². The molecule has 0 saturated carbocycles. The molecule has 1 heterocycles. The zero-order valence-electron chi connectivity index (χ0n) is 10.9. The van der Waals surface area contributed by atoms with Gasteiger partial charge < -0.3 is 16.4 Å². The monoisotopic (exact) mass is 286 g/mol. The Balaban J connectivity index is 2.38. The summed E-state index contributed by atoms with van der Waals surface area (Å²) in [6, 6.07) is 10.7. The molecule has 0 saturated heterocycles. The number of hydrogen-bond acceptors (Lipinski definition) is 4. The second-order valence-corrected chi connectivity index (χ2v) is 4.65. The zero-order valence-corrected chi connectivity index (χ0v) is 11.7. The van der Waals surface area contributed by atoms with Gasteiger partial charge in [0.05, 0.1) is 5.56 Å². The Hall–Kier alpha value is -2.47. The van der Waals surface area contributed by atoms with E-state index in [9.17, 15) is 4.79 Å². The molecular weight excluding hydrogens is 272 g/mol. The lowest BCUT2D eigenvalue weighted by Gasteiger charge is -2.20. The van der Waals surface area contributed by atoms with Crippen LogP contribution in [0.3, 0.4) is 0 Å². The average molecular weight is 286 g/mol. The van der Waals surface area contributed by atoms with Crippen LogP contribution in [0, 0.1) is 0 Å². The predicted octanol–water partition coefficient (Wildman–Crippen LogP) is 1.58. The van der Waals surface area contributed by atoms with E-state index >= 15 is 0 Å². The summed E-state index contributed by atoms with van der Waals surface area (Å²) in [6.07, 6.45) is 1.61. The van der Waals surface area contributed by atoms with Crippen molar-refractivity contribution in [3.63, 3.8) is 0 Å². The number of benzene rings is 1. The van der Waals surface area contributed by atoms with E-state index in [-0.39, 0.29) is 0 Å². The summed E-state index contributed by atoms with van der Waals surface area (Å²) in [7, 11) is 1.81. The number of rotatable bonds is 4. The van der Waals surface area contributed by atoms with Gasteiger partial charge in [0.25, 0.3) is 5.91 Å². The van der Waals surface area contributed by atoms with Gasteiger partial charge in [-0.15, -0.1) is 0 Å². The van der Waals surface area contributed by atoms with E-state index in [1.165, 1.54) is 0 Å². The number of carbonyl (C=O) groups is 1. The minimum atomic E-state index is -0.514. The number of nitrogens with two attached hydrogens (primary N) is 2. The lowest BCUT2D eigenvalue weighted by molar-refractivity contribution is 0.100. The first-order valence-corrected chi connectivity index (χ1v) is 6.30. The van der Waals surface area contributed by atoms with Crippen molar-refractivity contribution in [2.24, 2.45) is 11.5 Å². The van der Waals surface area contributed by atoms with Crippen LogP contribution >= 0.6 is 12.2 Å². The van der Waals surface area contributed by atoms with Gasteiger partial charge in [-0.25, -0.2) is 4.98 Å². The van der Waals surface area contributed by atoms with Crippen molar-refractivity contribution < 1.29 is 4.79 Å². The highest BCUT2D eigenvalue weighted by Crippen LogP contribution is 2.24. The first-order chi connectivity index (χ1) is 9.50. The summed E-state index contributed by atoms with van der Waals surface area (Å²) in [4.78, 5) is 17.8. The molecule has 102 valence electrons. The molecule has 1 aromatic carbocycles. The average Bonchev–Trinajstić information content (AvgIpc) is 2.46. The molecule has 0 fully saturated rings. The van der Waals surface area contributed by atoms with E-state index in [4.69, 9.17) is 23.7 Å². The maximum absolute atomic E-state index is 11.4. The number of aromatic nitrogens is 1. The SMILES string of the molecule is CN(c1ccc(C(N)=S)cc1)c1ncccc1C(N)=O. The summed E-state index contributed by atoms with van der Waals surface area (Å²) in [5.41, 5.74) is 12.9. The fraction of sp³-hybridized carbons (Fsp3) is 0.0714. The molecule has 20 heavy (non-hydrogen) atoms. The molecule has 2 rings (SSSR count). The van der Waals surface area contributed by atoms with Crippen molar-refractivity contribution in [1.29, 1.82) is 0 Å². The molecular formula is C14H14N4OS. The molecule has 0 spiro atoms. The molecule has 0 radical (unpaired) electrons. The number of hydrogen-bond donors (Lipinski definition) is 2. The second kappa shape index (κ2) is 5.66. The Labute approximate surface area is 122 Å². The minimum absolute atomic E-state index is 0.342.